The molecule has 0 spiro atoms. The van der Waals surface area contributed by atoms with Crippen molar-refractivity contribution in [3.05, 3.63) is 53.1 Å². The van der Waals surface area contributed by atoms with Crippen LogP contribution in [0.4, 0.5) is 0 Å². The number of aromatic amines is 1. The first-order chi connectivity index (χ1) is 8.24. The van der Waals surface area contributed by atoms with Crippen LogP contribution in [0.15, 0.2) is 36.7 Å². The molecule has 90 valence electrons. The molecule has 0 fully saturated rings. The molecule has 17 heavy (non-hydrogen) atoms. The highest BCUT2D eigenvalue weighted by atomic mass is 35.5. The van der Waals surface area contributed by atoms with Crippen LogP contribution in [0.1, 0.15) is 18.3 Å². The lowest BCUT2D eigenvalue weighted by Gasteiger charge is -2.11. The van der Waals surface area contributed by atoms with Crippen LogP contribution in [0.25, 0.3) is 0 Å². The maximum atomic E-state index is 5.82. The van der Waals surface area contributed by atoms with Crippen molar-refractivity contribution in [1.29, 1.82) is 0 Å². The van der Waals surface area contributed by atoms with E-state index in [9.17, 15) is 0 Å². The Morgan fingerprint density at radius 1 is 1.35 bits per heavy atom. The minimum absolute atomic E-state index is 0.136. The van der Waals surface area contributed by atoms with Crippen molar-refractivity contribution in [2.45, 2.75) is 26.1 Å². The zero-order valence-electron chi connectivity index (χ0n) is 9.69. The molecule has 0 saturated carbocycles. The summed E-state index contributed by atoms with van der Waals surface area (Å²) in [5, 5.41) is 0.748. The van der Waals surface area contributed by atoms with E-state index < -0.39 is 0 Å². The summed E-state index contributed by atoms with van der Waals surface area (Å²) in [5.74, 6) is 0.952. The van der Waals surface area contributed by atoms with Gasteiger partial charge in [0.05, 0.1) is 12.7 Å². The molecule has 0 aliphatic rings. The molecular weight excluding hydrogens is 236 g/mol. The number of imidazole rings is 1. The van der Waals surface area contributed by atoms with Gasteiger partial charge in [0, 0.05) is 23.8 Å². The van der Waals surface area contributed by atoms with E-state index in [4.69, 9.17) is 16.3 Å². The van der Waals surface area contributed by atoms with Gasteiger partial charge in [-0.1, -0.05) is 23.7 Å². The lowest BCUT2D eigenvalue weighted by molar-refractivity contribution is 0.0524. The van der Waals surface area contributed by atoms with Gasteiger partial charge in [-0.05, 0) is 24.6 Å². The Morgan fingerprint density at radius 3 is 2.76 bits per heavy atom. The average molecular weight is 251 g/mol. The summed E-state index contributed by atoms with van der Waals surface area (Å²) in [5.41, 5.74) is 1.13. The Hall–Kier alpha value is -1.32. The van der Waals surface area contributed by atoms with Crippen molar-refractivity contribution in [3.63, 3.8) is 0 Å². The van der Waals surface area contributed by atoms with Gasteiger partial charge in [-0.2, -0.15) is 0 Å². The zero-order valence-corrected chi connectivity index (χ0v) is 10.4. The Kier molecular flexibility index (Phi) is 4.18. The van der Waals surface area contributed by atoms with Crippen molar-refractivity contribution in [3.8, 4) is 0 Å². The first-order valence-corrected chi connectivity index (χ1v) is 5.96. The van der Waals surface area contributed by atoms with Gasteiger partial charge >= 0.3 is 0 Å². The minimum atomic E-state index is 0.136. The number of hydrogen-bond donors (Lipinski definition) is 1. The summed E-state index contributed by atoms with van der Waals surface area (Å²) in [6, 6.07) is 7.69. The van der Waals surface area contributed by atoms with Crippen LogP contribution in [0.2, 0.25) is 5.02 Å². The van der Waals surface area contributed by atoms with E-state index in [1.807, 2.05) is 37.4 Å². The quantitative estimate of drug-likeness (QED) is 0.885. The van der Waals surface area contributed by atoms with E-state index >= 15 is 0 Å². The molecule has 1 heterocycles. The number of halogens is 1. The first kappa shape index (κ1) is 12.1. The monoisotopic (exact) mass is 250 g/mol. The Bertz CT molecular complexity index is 439. The summed E-state index contributed by atoms with van der Waals surface area (Å²) >= 11 is 5.82. The van der Waals surface area contributed by atoms with Crippen molar-refractivity contribution in [1.82, 2.24) is 9.97 Å². The van der Waals surface area contributed by atoms with Crippen LogP contribution in [0, 0.1) is 0 Å². The van der Waals surface area contributed by atoms with Gasteiger partial charge in [0.2, 0.25) is 0 Å². The molecule has 1 atom stereocenters. The second kappa shape index (κ2) is 5.84. The van der Waals surface area contributed by atoms with E-state index in [0.29, 0.717) is 6.61 Å². The number of benzene rings is 1. The number of nitrogens with zero attached hydrogens (tertiary/aromatic N) is 1. The van der Waals surface area contributed by atoms with Crippen molar-refractivity contribution < 1.29 is 4.74 Å². The van der Waals surface area contributed by atoms with E-state index in [1.165, 1.54) is 0 Å². The minimum Gasteiger partial charge on any atom is -0.373 e. The molecule has 0 aliphatic heterocycles. The lowest BCUT2D eigenvalue weighted by Crippen LogP contribution is -2.12. The molecule has 0 saturated heterocycles. The standard InChI is InChI=1S/C13H15ClN2O/c1-10(8-13-15-6-7-16-13)17-9-11-2-4-12(14)5-3-11/h2-7,10H,8-9H2,1H3,(H,15,16)/t10-/m1/s1. The van der Waals surface area contributed by atoms with Gasteiger partial charge in [0.1, 0.15) is 5.82 Å². The molecular formula is C13H15ClN2O. The molecule has 0 bridgehead atoms. The number of nitrogens with one attached hydrogen (secondary N) is 1. The molecule has 3 nitrogen and oxygen atoms in total. The third kappa shape index (κ3) is 3.88. The molecule has 1 aromatic carbocycles. The van der Waals surface area contributed by atoms with Gasteiger partial charge in [0.15, 0.2) is 0 Å². The predicted octanol–water partition coefficient (Wildman–Crippen LogP) is 3.21. The maximum absolute atomic E-state index is 5.82. The van der Waals surface area contributed by atoms with Gasteiger partial charge in [-0.25, -0.2) is 4.98 Å². The second-order valence-corrected chi connectivity index (χ2v) is 4.42. The molecule has 1 aromatic heterocycles. The summed E-state index contributed by atoms with van der Waals surface area (Å²) in [6.45, 7) is 2.64. The third-order valence-corrected chi connectivity index (χ3v) is 2.74. The van der Waals surface area contributed by atoms with E-state index in [0.717, 1.165) is 22.8 Å². The molecule has 2 rings (SSSR count). The van der Waals surface area contributed by atoms with Gasteiger partial charge < -0.3 is 9.72 Å². The van der Waals surface area contributed by atoms with Crippen LogP contribution in [-0.4, -0.2) is 16.1 Å². The van der Waals surface area contributed by atoms with Crippen LogP contribution in [-0.2, 0) is 17.8 Å². The fraction of sp³-hybridized carbons (Fsp3) is 0.308. The van der Waals surface area contributed by atoms with Crippen LogP contribution < -0.4 is 0 Å². The van der Waals surface area contributed by atoms with Crippen molar-refractivity contribution >= 4 is 11.6 Å². The number of rotatable bonds is 5. The SMILES string of the molecule is C[C@H](Cc1ncc[nH]1)OCc1ccc(Cl)cc1. The van der Waals surface area contributed by atoms with Crippen LogP contribution in [0.5, 0.6) is 0 Å². The highest BCUT2D eigenvalue weighted by Gasteiger charge is 2.05. The normalized spacial score (nSPS) is 12.6. The Morgan fingerprint density at radius 2 is 2.12 bits per heavy atom. The first-order valence-electron chi connectivity index (χ1n) is 5.58. The molecule has 0 amide bonds. The molecule has 4 heteroatoms. The van der Waals surface area contributed by atoms with Crippen LogP contribution in [0.3, 0.4) is 0 Å². The van der Waals surface area contributed by atoms with Crippen molar-refractivity contribution in [2.24, 2.45) is 0 Å². The summed E-state index contributed by atoms with van der Waals surface area (Å²) in [6.07, 6.45) is 4.50. The van der Waals surface area contributed by atoms with Gasteiger partial charge in [0.25, 0.3) is 0 Å². The number of hydrogen-bond acceptors (Lipinski definition) is 2. The molecule has 0 unspecified atom stereocenters. The third-order valence-electron chi connectivity index (χ3n) is 2.48. The van der Waals surface area contributed by atoms with Crippen LogP contribution >= 0.6 is 11.6 Å². The van der Waals surface area contributed by atoms with Crippen molar-refractivity contribution in [2.75, 3.05) is 0 Å². The lowest BCUT2D eigenvalue weighted by atomic mass is 10.2. The summed E-state index contributed by atoms with van der Waals surface area (Å²) in [4.78, 5) is 7.23. The molecule has 2 aromatic rings. The highest BCUT2D eigenvalue weighted by Crippen LogP contribution is 2.11. The predicted molar refractivity (Wildman–Crippen MR) is 68.0 cm³/mol. The zero-order chi connectivity index (χ0) is 12.1. The highest BCUT2D eigenvalue weighted by molar-refractivity contribution is 6.30. The van der Waals surface area contributed by atoms with E-state index in [-0.39, 0.29) is 6.10 Å². The number of aromatic nitrogens is 2. The Balaban J connectivity index is 1.79. The number of ether oxygens (including phenoxy) is 1. The Labute approximate surface area is 106 Å². The topological polar surface area (TPSA) is 37.9 Å². The maximum Gasteiger partial charge on any atom is 0.108 e. The average Bonchev–Trinajstić information content (AvgIpc) is 2.81. The second-order valence-electron chi connectivity index (χ2n) is 3.99. The van der Waals surface area contributed by atoms with E-state index in [1.54, 1.807) is 6.20 Å². The largest absolute Gasteiger partial charge is 0.373 e. The fourth-order valence-electron chi connectivity index (χ4n) is 1.56. The summed E-state index contributed by atoms with van der Waals surface area (Å²) in [7, 11) is 0. The molecule has 0 radical (unpaired) electrons. The van der Waals surface area contributed by atoms with Gasteiger partial charge in [-0.3, -0.25) is 0 Å². The summed E-state index contributed by atoms with van der Waals surface area (Å²) < 4.78 is 5.74. The molecule has 1 N–H and O–H groups in total. The molecule has 0 aliphatic carbocycles. The van der Waals surface area contributed by atoms with Gasteiger partial charge in [-0.15, -0.1) is 0 Å². The van der Waals surface area contributed by atoms with E-state index in [2.05, 4.69) is 9.97 Å². The number of H-pyrrole nitrogens is 1. The fourth-order valence-corrected chi connectivity index (χ4v) is 1.69. The smallest absolute Gasteiger partial charge is 0.108 e.